The molecule has 0 saturated heterocycles. The van der Waals surface area contributed by atoms with E-state index in [1.165, 1.54) is 0 Å². The van der Waals surface area contributed by atoms with Gasteiger partial charge >= 0.3 is 5.97 Å². The van der Waals surface area contributed by atoms with E-state index >= 15 is 0 Å². The van der Waals surface area contributed by atoms with Crippen molar-refractivity contribution in [2.45, 2.75) is 19.8 Å². The van der Waals surface area contributed by atoms with Crippen molar-refractivity contribution in [3.05, 3.63) is 29.8 Å². The highest BCUT2D eigenvalue weighted by atomic mass is 32.1. The summed E-state index contributed by atoms with van der Waals surface area (Å²) in [5.74, 6) is 0.538. The van der Waals surface area contributed by atoms with Gasteiger partial charge in [-0.25, -0.2) is 0 Å². The summed E-state index contributed by atoms with van der Waals surface area (Å²) in [6, 6.07) is 7.36. The van der Waals surface area contributed by atoms with E-state index in [9.17, 15) is 4.79 Å². The minimum Gasteiger partial charge on any atom is -0.494 e. The lowest BCUT2D eigenvalue weighted by molar-refractivity contribution is -0.143. The molecule has 0 aromatic heterocycles. The van der Waals surface area contributed by atoms with Gasteiger partial charge in [0.1, 0.15) is 5.75 Å². The molecule has 21 heavy (non-hydrogen) atoms. The first-order valence-electron chi connectivity index (χ1n) is 6.59. The molecule has 6 nitrogen and oxygen atoms in total. The standard InChI is InChI=1S/C14H19N3O3S/c1-2-19-13(18)4-3-9-20-12-7-5-11(6-8-12)10-16-17-14(15)21/h5-8,10H,2-4,9H2,1H3,(H3,15,17,21)/b16-10+. The Bertz CT molecular complexity index is 489. The molecule has 0 bridgehead atoms. The molecule has 114 valence electrons. The minimum absolute atomic E-state index is 0.118. The van der Waals surface area contributed by atoms with Crippen LogP contribution in [0.15, 0.2) is 29.4 Å². The summed E-state index contributed by atoms with van der Waals surface area (Å²) in [6.07, 6.45) is 2.59. The molecule has 0 atom stereocenters. The molecule has 0 saturated carbocycles. The van der Waals surface area contributed by atoms with Crippen molar-refractivity contribution in [3.8, 4) is 5.75 Å². The van der Waals surface area contributed by atoms with Crippen molar-refractivity contribution >= 4 is 29.5 Å². The summed E-state index contributed by atoms with van der Waals surface area (Å²) in [6.45, 7) is 2.66. The summed E-state index contributed by atoms with van der Waals surface area (Å²) in [7, 11) is 0. The van der Waals surface area contributed by atoms with Gasteiger partial charge in [-0.3, -0.25) is 10.2 Å². The van der Waals surface area contributed by atoms with Crippen LogP contribution in [0.5, 0.6) is 5.75 Å². The number of hydrogen-bond acceptors (Lipinski definition) is 5. The highest BCUT2D eigenvalue weighted by Crippen LogP contribution is 2.11. The number of carbonyl (C=O) groups excluding carboxylic acids is 1. The Balaban J connectivity index is 2.29. The Kier molecular flexibility index (Phi) is 7.81. The highest BCUT2D eigenvalue weighted by molar-refractivity contribution is 7.80. The van der Waals surface area contributed by atoms with Crippen molar-refractivity contribution in [1.82, 2.24) is 5.43 Å². The first-order chi connectivity index (χ1) is 10.1. The molecule has 7 heteroatoms. The van der Waals surface area contributed by atoms with E-state index in [4.69, 9.17) is 15.2 Å². The number of rotatable bonds is 8. The predicted molar refractivity (Wildman–Crippen MR) is 85.3 cm³/mol. The smallest absolute Gasteiger partial charge is 0.305 e. The number of nitrogens with two attached hydrogens (primary N) is 1. The van der Waals surface area contributed by atoms with E-state index in [2.05, 4.69) is 22.7 Å². The Labute approximate surface area is 129 Å². The highest BCUT2D eigenvalue weighted by Gasteiger charge is 2.01. The van der Waals surface area contributed by atoms with Crippen LogP contribution in [0.4, 0.5) is 0 Å². The van der Waals surface area contributed by atoms with Crippen molar-refractivity contribution in [3.63, 3.8) is 0 Å². The van der Waals surface area contributed by atoms with Gasteiger partial charge in [0, 0.05) is 6.42 Å². The zero-order valence-electron chi connectivity index (χ0n) is 11.9. The number of nitrogens with one attached hydrogen (secondary N) is 1. The second-order valence-corrected chi connectivity index (χ2v) is 4.50. The second kappa shape index (κ2) is 9.71. The third-order valence-corrected chi connectivity index (χ3v) is 2.46. The largest absolute Gasteiger partial charge is 0.494 e. The van der Waals surface area contributed by atoms with Crippen molar-refractivity contribution < 1.29 is 14.3 Å². The topological polar surface area (TPSA) is 85.9 Å². The van der Waals surface area contributed by atoms with E-state index in [1.54, 1.807) is 13.1 Å². The lowest BCUT2D eigenvalue weighted by atomic mass is 10.2. The zero-order chi connectivity index (χ0) is 15.5. The maximum atomic E-state index is 11.1. The maximum absolute atomic E-state index is 11.1. The molecule has 1 aromatic rings. The molecule has 0 aliphatic carbocycles. The maximum Gasteiger partial charge on any atom is 0.305 e. The number of benzene rings is 1. The average Bonchev–Trinajstić information content (AvgIpc) is 2.45. The molecular weight excluding hydrogens is 290 g/mol. The Morgan fingerprint density at radius 3 is 2.76 bits per heavy atom. The molecule has 0 heterocycles. The van der Waals surface area contributed by atoms with Gasteiger partial charge in [0.15, 0.2) is 5.11 Å². The molecule has 0 aliphatic heterocycles. The lowest BCUT2D eigenvalue weighted by Crippen LogP contribution is -2.23. The zero-order valence-corrected chi connectivity index (χ0v) is 12.7. The fourth-order valence-corrected chi connectivity index (χ4v) is 1.51. The minimum atomic E-state index is -0.196. The Hall–Kier alpha value is -2.15. The van der Waals surface area contributed by atoms with Gasteiger partial charge in [0.05, 0.1) is 19.4 Å². The van der Waals surface area contributed by atoms with Gasteiger partial charge in [-0.05, 0) is 55.4 Å². The van der Waals surface area contributed by atoms with Gasteiger partial charge in [0.2, 0.25) is 0 Å². The molecule has 1 aromatic carbocycles. The van der Waals surface area contributed by atoms with E-state index in [0.29, 0.717) is 26.1 Å². The molecule has 0 spiro atoms. The normalized spacial score (nSPS) is 10.3. The Morgan fingerprint density at radius 1 is 1.43 bits per heavy atom. The van der Waals surface area contributed by atoms with Crippen LogP contribution in [-0.2, 0) is 9.53 Å². The summed E-state index contributed by atoms with van der Waals surface area (Å²) in [5.41, 5.74) is 8.60. The second-order valence-electron chi connectivity index (χ2n) is 4.06. The predicted octanol–water partition coefficient (Wildman–Crippen LogP) is 1.58. The third-order valence-electron chi connectivity index (χ3n) is 2.37. The third kappa shape index (κ3) is 7.88. The van der Waals surface area contributed by atoms with Crippen LogP contribution in [-0.4, -0.2) is 30.5 Å². The fraction of sp³-hybridized carbons (Fsp3) is 0.357. The van der Waals surface area contributed by atoms with E-state index in [0.717, 1.165) is 11.3 Å². The number of ether oxygens (including phenoxy) is 2. The van der Waals surface area contributed by atoms with Crippen LogP contribution in [0.3, 0.4) is 0 Å². The van der Waals surface area contributed by atoms with Crippen LogP contribution < -0.4 is 15.9 Å². The SMILES string of the molecule is CCOC(=O)CCCOc1ccc(/C=N/NC(N)=S)cc1. The van der Waals surface area contributed by atoms with Crippen LogP contribution in [0.1, 0.15) is 25.3 Å². The quantitative estimate of drug-likeness (QED) is 0.249. The molecule has 0 aliphatic rings. The van der Waals surface area contributed by atoms with Crippen LogP contribution >= 0.6 is 12.2 Å². The lowest BCUT2D eigenvalue weighted by Gasteiger charge is -2.06. The number of thiocarbonyl (C=S) groups is 1. The van der Waals surface area contributed by atoms with Crippen molar-refractivity contribution in [2.75, 3.05) is 13.2 Å². The number of esters is 1. The number of nitrogens with zero attached hydrogens (tertiary/aromatic N) is 1. The monoisotopic (exact) mass is 309 g/mol. The molecule has 1 rings (SSSR count). The summed E-state index contributed by atoms with van der Waals surface area (Å²) >= 11 is 4.63. The van der Waals surface area contributed by atoms with Gasteiger partial charge in [-0.1, -0.05) is 0 Å². The molecule has 0 amide bonds. The summed E-state index contributed by atoms with van der Waals surface area (Å²) in [5, 5.41) is 3.97. The summed E-state index contributed by atoms with van der Waals surface area (Å²) < 4.78 is 10.4. The van der Waals surface area contributed by atoms with Gasteiger partial charge in [-0.15, -0.1) is 0 Å². The van der Waals surface area contributed by atoms with Crippen molar-refractivity contribution in [1.29, 1.82) is 0 Å². The molecule has 0 fully saturated rings. The fourth-order valence-electron chi connectivity index (χ4n) is 1.46. The average molecular weight is 309 g/mol. The van der Waals surface area contributed by atoms with E-state index < -0.39 is 0 Å². The van der Waals surface area contributed by atoms with Crippen molar-refractivity contribution in [2.24, 2.45) is 10.8 Å². The number of carbonyl (C=O) groups is 1. The molecular formula is C14H19N3O3S. The van der Waals surface area contributed by atoms with E-state index in [1.807, 2.05) is 24.3 Å². The number of hydrazone groups is 1. The van der Waals surface area contributed by atoms with Gasteiger partial charge in [-0.2, -0.15) is 5.10 Å². The van der Waals surface area contributed by atoms with E-state index in [-0.39, 0.29) is 11.1 Å². The molecule has 0 unspecified atom stereocenters. The number of hydrogen-bond donors (Lipinski definition) is 2. The van der Waals surface area contributed by atoms with Gasteiger partial charge < -0.3 is 15.2 Å². The Morgan fingerprint density at radius 2 is 2.14 bits per heavy atom. The van der Waals surface area contributed by atoms with Crippen LogP contribution in [0.25, 0.3) is 0 Å². The van der Waals surface area contributed by atoms with Crippen LogP contribution in [0.2, 0.25) is 0 Å². The first-order valence-corrected chi connectivity index (χ1v) is 6.99. The summed E-state index contributed by atoms with van der Waals surface area (Å²) in [4.78, 5) is 11.1. The first kappa shape index (κ1) is 16.9. The molecule has 3 N–H and O–H groups in total. The molecule has 0 radical (unpaired) electrons. The van der Waals surface area contributed by atoms with Crippen LogP contribution in [0, 0.1) is 0 Å². The van der Waals surface area contributed by atoms with Gasteiger partial charge in [0.25, 0.3) is 0 Å².